The molecule has 0 spiro atoms. The van der Waals surface area contributed by atoms with E-state index in [1.165, 1.54) is 30.0 Å². The highest BCUT2D eigenvalue weighted by molar-refractivity contribution is 6.31. The summed E-state index contributed by atoms with van der Waals surface area (Å²) in [7, 11) is 3.10. The molecule has 0 atom stereocenters. The first-order valence-corrected chi connectivity index (χ1v) is 9.85. The molecule has 0 saturated carbocycles. The summed E-state index contributed by atoms with van der Waals surface area (Å²) < 4.78 is 30.6. The maximum atomic E-state index is 13.2. The zero-order valence-electron chi connectivity index (χ0n) is 17.4. The zero-order valence-corrected chi connectivity index (χ0v) is 18.1. The van der Waals surface area contributed by atoms with Crippen LogP contribution < -0.4 is 9.47 Å². The number of halogens is 2. The number of hydrogen-bond donors (Lipinski definition) is 0. The molecule has 0 aliphatic carbocycles. The predicted octanol–water partition coefficient (Wildman–Crippen LogP) is 4.90. The molecule has 3 aromatic rings. The Morgan fingerprint density at radius 1 is 1.13 bits per heavy atom. The van der Waals surface area contributed by atoms with Crippen LogP contribution in [0.4, 0.5) is 4.39 Å². The van der Waals surface area contributed by atoms with Crippen LogP contribution in [0.15, 0.2) is 48.5 Å². The Kier molecular flexibility index (Phi) is 7.44. The molecule has 8 heteroatoms. The molecular weight excluding hydrogens is 423 g/mol. The summed E-state index contributed by atoms with van der Waals surface area (Å²) >= 11 is 6.46. The number of ether oxygens (including phenoxy) is 3. The number of aryl methyl sites for hydroxylation is 1. The van der Waals surface area contributed by atoms with E-state index in [0.29, 0.717) is 52.4 Å². The van der Waals surface area contributed by atoms with Crippen LogP contribution in [0.5, 0.6) is 11.5 Å². The third kappa shape index (κ3) is 5.31. The van der Waals surface area contributed by atoms with Crippen LogP contribution in [0.3, 0.4) is 0 Å². The topological polar surface area (TPSA) is 62.6 Å². The van der Waals surface area contributed by atoms with Crippen molar-refractivity contribution in [2.75, 3.05) is 27.4 Å². The van der Waals surface area contributed by atoms with Crippen molar-refractivity contribution in [2.24, 2.45) is 0 Å². The fraction of sp³-hybridized carbons (Fsp3) is 0.217. The Hall–Kier alpha value is -3.16. The smallest absolute Gasteiger partial charge is 0.185 e. The molecule has 0 unspecified atom stereocenters. The van der Waals surface area contributed by atoms with Crippen LogP contribution in [0.1, 0.15) is 21.6 Å². The summed E-state index contributed by atoms with van der Waals surface area (Å²) in [6.07, 6.45) is 3.04. The van der Waals surface area contributed by atoms with Gasteiger partial charge in [-0.1, -0.05) is 11.6 Å². The van der Waals surface area contributed by atoms with Gasteiger partial charge in [-0.3, -0.25) is 4.79 Å². The molecule has 6 nitrogen and oxygen atoms in total. The molecule has 1 aromatic heterocycles. The highest BCUT2D eigenvalue weighted by Gasteiger charge is 2.14. The van der Waals surface area contributed by atoms with Gasteiger partial charge >= 0.3 is 0 Å². The van der Waals surface area contributed by atoms with Gasteiger partial charge in [0.05, 0.1) is 25.1 Å². The monoisotopic (exact) mass is 444 g/mol. The van der Waals surface area contributed by atoms with Crippen molar-refractivity contribution in [3.05, 3.63) is 76.3 Å². The Bertz CT molecular complexity index is 1090. The lowest BCUT2D eigenvalue weighted by atomic mass is 10.1. The van der Waals surface area contributed by atoms with Crippen LogP contribution in [0.2, 0.25) is 5.15 Å². The minimum absolute atomic E-state index is 0.230. The molecule has 2 aromatic carbocycles. The van der Waals surface area contributed by atoms with E-state index in [2.05, 4.69) is 5.10 Å². The fourth-order valence-corrected chi connectivity index (χ4v) is 3.22. The number of hydrogen-bond acceptors (Lipinski definition) is 5. The molecular formula is C23H22ClFN2O4. The lowest BCUT2D eigenvalue weighted by Gasteiger charge is -2.11. The molecule has 0 aliphatic rings. The van der Waals surface area contributed by atoms with Crippen molar-refractivity contribution >= 4 is 23.5 Å². The van der Waals surface area contributed by atoms with Gasteiger partial charge in [0.25, 0.3) is 0 Å². The van der Waals surface area contributed by atoms with E-state index in [1.807, 2.05) is 0 Å². The third-order valence-corrected chi connectivity index (χ3v) is 4.88. The molecule has 3 rings (SSSR count). The summed E-state index contributed by atoms with van der Waals surface area (Å²) in [6.45, 7) is 2.60. The third-order valence-electron chi connectivity index (χ3n) is 4.51. The van der Waals surface area contributed by atoms with Crippen LogP contribution >= 0.6 is 11.6 Å². The van der Waals surface area contributed by atoms with Crippen molar-refractivity contribution in [1.29, 1.82) is 0 Å². The molecule has 0 fully saturated rings. The maximum absolute atomic E-state index is 13.2. The summed E-state index contributed by atoms with van der Waals surface area (Å²) in [4.78, 5) is 12.7. The molecule has 0 saturated heterocycles. The number of allylic oxidation sites excluding steroid dienone is 1. The first-order valence-electron chi connectivity index (χ1n) is 9.48. The Morgan fingerprint density at radius 2 is 1.87 bits per heavy atom. The number of carbonyl (C=O) groups is 1. The van der Waals surface area contributed by atoms with Gasteiger partial charge in [0, 0.05) is 18.2 Å². The number of benzene rings is 2. The minimum atomic E-state index is -0.347. The molecule has 162 valence electrons. The molecule has 1 heterocycles. The second kappa shape index (κ2) is 10.2. The fourth-order valence-electron chi connectivity index (χ4n) is 2.88. The van der Waals surface area contributed by atoms with Crippen LogP contribution in [0, 0.1) is 12.7 Å². The summed E-state index contributed by atoms with van der Waals surface area (Å²) in [5.74, 6) is 0.403. The van der Waals surface area contributed by atoms with E-state index in [4.69, 9.17) is 25.8 Å². The van der Waals surface area contributed by atoms with Crippen LogP contribution in [-0.4, -0.2) is 43.0 Å². The quantitative estimate of drug-likeness (QED) is 0.267. The van der Waals surface area contributed by atoms with Gasteiger partial charge < -0.3 is 14.2 Å². The average Bonchev–Trinajstić information content (AvgIpc) is 3.06. The second-order valence-electron chi connectivity index (χ2n) is 6.58. The summed E-state index contributed by atoms with van der Waals surface area (Å²) in [5.41, 5.74) is 2.30. The lowest BCUT2D eigenvalue weighted by Crippen LogP contribution is -2.06. The minimum Gasteiger partial charge on any atom is -0.493 e. The molecule has 31 heavy (non-hydrogen) atoms. The Balaban J connectivity index is 1.80. The lowest BCUT2D eigenvalue weighted by molar-refractivity contribution is 0.104. The van der Waals surface area contributed by atoms with E-state index in [1.54, 1.807) is 50.4 Å². The number of ketones is 1. The highest BCUT2D eigenvalue weighted by atomic mass is 35.5. The molecule has 0 N–H and O–H groups in total. The predicted molar refractivity (Wildman–Crippen MR) is 117 cm³/mol. The van der Waals surface area contributed by atoms with Crippen LogP contribution in [-0.2, 0) is 4.74 Å². The zero-order chi connectivity index (χ0) is 22.4. The number of rotatable bonds is 9. The highest BCUT2D eigenvalue weighted by Crippen LogP contribution is 2.29. The van der Waals surface area contributed by atoms with E-state index >= 15 is 0 Å². The summed E-state index contributed by atoms with van der Waals surface area (Å²) in [6, 6.07) is 10.8. The van der Waals surface area contributed by atoms with Crippen LogP contribution in [0.25, 0.3) is 11.8 Å². The van der Waals surface area contributed by atoms with E-state index < -0.39 is 0 Å². The van der Waals surface area contributed by atoms with Crippen molar-refractivity contribution in [1.82, 2.24) is 9.78 Å². The number of nitrogens with zero attached hydrogens (tertiary/aromatic N) is 2. The van der Waals surface area contributed by atoms with Gasteiger partial charge in [-0.05, 0) is 61.5 Å². The number of carbonyl (C=O) groups excluding carboxylic acids is 1. The van der Waals surface area contributed by atoms with E-state index in [0.717, 1.165) is 0 Å². The van der Waals surface area contributed by atoms with Gasteiger partial charge in [0.1, 0.15) is 17.6 Å². The Morgan fingerprint density at radius 3 is 2.55 bits per heavy atom. The van der Waals surface area contributed by atoms with Crippen molar-refractivity contribution in [2.45, 2.75) is 6.92 Å². The maximum Gasteiger partial charge on any atom is 0.185 e. The van der Waals surface area contributed by atoms with Gasteiger partial charge in [0.2, 0.25) is 0 Å². The van der Waals surface area contributed by atoms with Gasteiger partial charge in [-0.15, -0.1) is 0 Å². The first kappa shape index (κ1) is 22.5. The summed E-state index contributed by atoms with van der Waals surface area (Å²) in [5, 5.41) is 4.71. The average molecular weight is 445 g/mol. The molecule has 0 bridgehead atoms. The van der Waals surface area contributed by atoms with Gasteiger partial charge in [0.15, 0.2) is 17.3 Å². The SMILES string of the molecule is COCCOc1ccc(C(=O)/C=C/c2c(C)nn(-c3ccc(F)cc3)c2Cl)cc1OC. The van der Waals surface area contributed by atoms with Gasteiger partial charge in [-0.2, -0.15) is 5.10 Å². The standard InChI is InChI=1S/C23H22ClFN2O4/c1-15-19(23(24)27(26-15)18-7-5-17(25)6-8-18)9-10-20(28)16-4-11-21(22(14-16)30-3)31-13-12-29-2/h4-11,14H,12-13H2,1-3H3/b10-9+. The van der Waals surface area contributed by atoms with Crippen molar-refractivity contribution < 1.29 is 23.4 Å². The normalized spacial score (nSPS) is 11.1. The molecule has 0 aliphatic heterocycles. The van der Waals surface area contributed by atoms with Gasteiger partial charge in [-0.25, -0.2) is 9.07 Å². The Labute approximate surface area is 184 Å². The second-order valence-corrected chi connectivity index (χ2v) is 6.94. The first-order chi connectivity index (χ1) is 14.9. The van der Waals surface area contributed by atoms with Crippen molar-refractivity contribution in [3.8, 4) is 17.2 Å². The molecule has 0 radical (unpaired) electrons. The van der Waals surface area contributed by atoms with E-state index in [9.17, 15) is 9.18 Å². The number of aromatic nitrogens is 2. The number of methoxy groups -OCH3 is 2. The molecule has 0 amide bonds. The van der Waals surface area contributed by atoms with Crippen molar-refractivity contribution in [3.63, 3.8) is 0 Å². The van der Waals surface area contributed by atoms with E-state index in [-0.39, 0.29) is 11.6 Å². The largest absolute Gasteiger partial charge is 0.493 e.